The Hall–Kier alpha value is -2.00. The van der Waals surface area contributed by atoms with Gasteiger partial charge in [-0.15, -0.1) is 0 Å². The van der Waals surface area contributed by atoms with E-state index in [0.717, 1.165) is 16.7 Å². The minimum Gasteiger partial charge on any atom is -0.493 e. The molecule has 1 atom stereocenters. The Morgan fingerprint density at radius 3 is 2.61 bits per heavy atom. The van der Waals surface area contributed by atoms with Crippen molar-refractivity contribution in [2.24, 2.45) is 0 Å². The molecule has 28 heavy (non-hydrogen) atoms. The maximum Gasteiger partial charge on any atom is 0.326 e. The number of ether oxygens (including phenoxy) is 3. The van der Waals surface area contributed by atoms with Crippen molar-refractivity contribution < 1.29 is 28.6 Å². The van der Waals surface area contributed by atoms with E-state index in [1.54, 1.807) is 25.1 Å². The summed E-state index contributed by atoms with van der Waals surface area (Å²) in [6.07, 6.45) is 1.96. The maximum absolute atomic E-state index is 12.6. The molecular weight excluding hydrogens is 450 g/mol. The van der Waals surface area contributed by atoms with Crippen molar-refractivity contribution in [2.45, 2.75) is 33.3 Å². The van der Waals surface area contributed by atoms with Gasteiger partial charge in [0.2, 0.25) is 0 Å². The zero-order valence-electron chi connectivity index (χ0n) is 16.1. The van der Waals surface area contributed by atoms with Crippen LogP contribution in [0.4, 0.5) is 4.79 Å². The number of rotatable bonds is 8. The van der Waals surface area contributed by atoms with Crippen molar-refractivity contribution in [2.75, 3.05) is 20.3 Å². The number of thioether (sulfide) groups is 1. The van der Waals surface area contributed by atoms with E-state index >= 15 is 0 Å². The van der Waals surface area contributed by atoms with Crippen LogP contribution in [0.1, 0.15) is 32.8 Å². The minimum atomic E-state index is -0.609. The van der Waals surface area contributed by atoms with Crippen LogP contribution in [0.2, 0.25) is 0 Å². The van der Waals surface area contributed by atoms with Crippen LogP contribution in [0.15, 0.2) is 21.5 Å². The molecule has 0 unspecified atom stereocenters. The molecule has 1 aromatic carbocycles. The van der Waals surface area contributed by atoms with Crippen LogP contribution in [0.5, 0.6) is 11.5 Å². The molecule has 1 fully saturated rings. The van der Waals surface area contributed by atoms with Crippen LogP contribution in [-0.2, 0) is 14.3 Å². The van der Waals surface area contributed by atoms with Crippen molar-refractivity contribution >= 4 is 50.9 Å². The number of esters is 1. The normalized spacial score (nSPS) is 16.5. The lowest BCUT2D eigenvalue weighted by Gasteiger charge is -2.15. The van der Waals surface area contributed by atoms with E-state index in [-0.39, 0.29) is 11.0 Å². The standard InChI is InChI=1S/C19H22BrNO6S/c1-5-11(3)27-17(22)10-21-18(23)16(28-19(21)24)8-12-7-14(25-4)15(26-6-2)9-13(12)20/h7-9,11H,5-6,10H2,1-4H3/b16-8-/t11-/m0/s1. The van der Waals surface area contributed by atoms with Gasteiger partial charge in [0.05, 0.1) is 24.7 Å². The molecule has 1 aliphatic rings. The molecule has 0 saturated carbocycles. The molecule has 2 amide bonds. The minimum absolute atomic E-state index is 0.216. The second-order valence-corrected chi connectivity index (χ2v) is 7.78. The molecule has 2 rings (SSSR count). The number of hydrogen-bond donors (Lipinski definition) is 0. The molecule has 0 aromatic heterocycles. The van der Waals surface area contributed by atoms with E-state index in [1.807, 2.05) is 13.8 Å². The lowest BCUT2D eigenvalue weighted by atomic mass is 10.2. The van der Waals surface area contributed by atoms with E-state index < -0.39 is 23.7 Å². The molecule has 9 heteroatoms. The smallest absolute Gasteiger partial charge is 0.326 e. The van der Waals surface area contributed by atoms with Gasteiger partial charge in [0, 0.05) is 4.47 Å². The van der Waals surface area contributed by atoms with Crippen LogP contribution in [-0.4, -0.2) is 48.4 Å². The number of imide groups is 1. The van der Waals surface area contributed by atoms with Gasteiger partial charge in [-0.25, -0.2) is 0 Å². The highest BCUT2D eigenvalue weighted by atomic mass is 79.9. The topological polar surface area (TPSA) is 82.1 Å². The fourth-order valence-corrected chi connectivity index (χ4v) is 3.61. The summed E-state index contributed by atoms with van der Waals surface area (Å²) < 4.78 is 16.7. The Morgan fingerprint density at radius 1 is 1.29 bits per heavy atom. The van der Waals surface area contributed by atoms with Gasteiger partial charge < -0.3 is 14.2 Å². The number of hydrogen-bond acceptors (Lipinski definition) is 7. The van der Waals surface area contributed by atoms with Crippen LogP contribution < -0.4 is 9.47 Å². The molecule has 1 heterocycles. The highest BCUT2D eigenvalue weighted by molar-refractivity contribution is 9.10. The fraction of sp³-hybridized carbons (Fsp3) is 0.421. The number of carbonyl (C=O) groups is 3. The summed E-state index contributed by atoms with van der Waals surface area (Å²) in [5.74, 6) is -0.0692. The largest absolute Gasteiger partial charge is 0.493 e. The predicted molar refractivity (Wildman–Crippen MR) is 110 cm³/mol. The Balaban J connectivity index is 2.22. The van der Waals surface area contributed by atoms with Crippen molar-refractivity contribution in [1.82, 2.24) is 4.90 Å². The maximum atomic E-state index is 12.6. The summed E-state index contributed by atoms with van der Waals surface area (Å²) in [6, 6.07) is 3.45. The van der Waals surface area contributed by atoms with Crippen LogP contribution in [0.3, 0.4) is 0 Å². The van der Waals surface area contributed by atoms with Crippen molar-refractivity contribution in [3.63, 3.8) is 0 Å². The first-order valence-electron chi connectivity index (χ1n) is 8.75. The van der Waals surface area contributed by atoms with Gasteiger partial charge >= 0.3 is 5.97 Å². The number of nitrogens with zero attached hydrogens (tertiary/aromatic N) is 1. The summed E-state index contributed by atoms with van der Waals surface area (Å²) in [5, 5.41) is -0.508. The van der Waals surface area contributed by atoms with Gasteiger partial charge in [-0.1, -0.05) is 22.9 Å². The highest BCUT2D eigenvalue weighted by Crippen LogP contribution is 2.38. The first-order chi connectivity index (χ1) is 13.3. The zero-order valence-corrected chi connectivity index (χ0v) is 18.5. The van der Waals surface area contributed by atoms with Crippen molar-refractivity contribution in [3.05, 3.63) is 27.1 Å². The zero-order chi connectivity index (χ0) is 20.8. The molecule has 0 radical (unpaired) electrons. The van der Waals surface area contributed by atoms with Crippen LogP contribution in [0, 0.1) is 0 Å². The molecule has 152 valence electrons. The SMILES string of the molecule is CCOc1cc(Br)c(/C=C2\SC(=O)N(CC(=O)O[C@@H](C)CC)C2=O)cc1OC. The molecule has 0 N–H and O–H groups in total. The third kappa shape index (κ3) is 5.29. The Morgan fingerprint density at radius 2 is 2.00 bits per heavy atom. The van der Waals surface area contributed by atoms with Gasteiger partial charge in [0.15, 0.2) is 11.5 Å². The summed E-state index contributed by atoms with van der Waals surface area (Å²) in [6.45, 7) is 5.57. The van der Waals surface area contributed by atoms with E-state index in [9.17, 15) is 14.4 Å². The predicted octanol–water partition coefficient (Wildman–Crippen LogP) is 4.23. The van der Waals surface area contributed by atoms with E-state index in [2.05, 4.69) is 15.9 Å². The average Bonchev–Trinajstić information content (AvgIpc) is 2.91. The summed E-state index contributed by atoms with van der Waals surface area (Å²) in [7, 11) is 1.52. The highest BCUT2D eigenvalue weighted by Gasteiger charge is 2.37. The molecule has 0 spiro atoms. The fourth-order valence-electron chi connectivity index (χ4n) is 2.34. The van der Waals surface area contributed by atoms with E-state index in [4.69, 9.17) is 14.2 Å². The first-order valence-corrected chi connectivity index (χ1v) is 10.4. The average molecular weight is 472 g/mol. The second-order valence-electron chi connectivity index (χ2n) is 5.93. The van der Waals surface area contributed by atoms with Crippen LogP contribution >= 0.6 is 27.7 Å². The lowest BCUT2D eigenvalue weighted by molar-refractivity contribution is -0.150. The van der Waals surface area contributed by atoms with E-state index in [0.29, 0.717) is 34.6 Å². The van der Waals surface area contributed by atoms with E-state index in [1.165, 1.54) is 7.11 Å². The number of methoxy groups -OCH3 is 1. The summed E-state index contributed by atoms with van der Waals surface area (Å²) >= 11 is 4.22. The molecule has 1 saturated heterocycles. The van der Waals surface area contributed by atoms with Crippen molar-refractivity contribution in [1.29, 1.82) is 0 Å². The summed E-state index contributed by atoms with van der Waals surface area (Å²) in [4.78, 5) is 37.8. The quantitative estimate of drug-likeness (QED) is 0.414. The first kappa shape index (κ1) is 22.3. The molecular formula is C19H22BrNO6S. The van der Waals surface area contributed by atoms with Crippen LogP contribution in [0.25, 0.3) is 6.08 Å². The number of benzene rings is 1. The Bertz CT molecular complexity index is 810. The third-order valence-corrected chi connectivity index (χ3v) is 5.53. The van der Waals surface area contributed by atoms with Gasteiger partial charge in [0.1, 0.15) is 6.54 Å². The molecule has 1 aliphatic heterocycles. The molecule has 7 nitrogen and oxygen atoms in total. The molecule has 0 bridgehead atoms. The number of amides is 2. The molecule has 1 aromatic rings. The lowest BCUT2D eigenvalue weighted by Crippen LogP contribution is -2.35. The Kier molecular flexibility index (Phi) is 7.94. The van der Waals surface area contributed by atoms with Gasteiger partial charge in [-0.05, 0) is 55.8 Å². The number of halogens is 1. The number of carbonyl (C=O) groups excluding carboxylic acids is 3. The monoisotopic (exact) mass is 471 g/mol. The molecule has 0 aliphatic carbocycles. The summed E-state index contributed by atoms with van der Waals surface area (Å²) in [5.41, 5.74) is 0.646. The van der Waals surface area contributed by atoms with Crippen molar-refractivity contribution in [3.8, 4) is 11.5 Å². The third-order valence-electron chi connectivity index (χ3n) is 3.94. The Labute approximate surface area is 176 Å². The van der Waals surface area contributed by atoms with Gasteiger partial charge in [-0.2, -0.15) is 0 Å². The van der Waals surface area contributed by atoms with Gasteiger partial charge in [-0.3, -0.25) is 19.3 Å². The second kappa shape index (κ2) is 9.97. The van der Waals surface area contributed by atoms with Gasteiger partial charge in [0.25, 0.3) is 11.1 Å².